The second-order valence-corrected chi connectivity index (χ2v) is 3.10. The first-order valence-electron chi connectivity index (χ1n) is 4.89. The van der Waals surface area contributed by atoms with Crippen LogP contribution >= 0.6 is 0 Å². The molecule has 5 heteroatoms. The Morgan fingerprint density at radius 1 is 1.18 bits per heavy atom. The summed E-state index contributed by atoms with van der Waals surface area (Å²) in [6.45, 7) is 3.38. The molecule has 0 atom stereocenters. The van der Waals surface area contributed by atoms with Crippen LogP contribution in [0.4, 0.5) is 5.69 Å². The maximum atomic E-state index is 11.3. The Hall–Kier alpha value is -2.17. The van der Waals surface area contributed by atoms with E-state index in [-0.39, 0.29) is 5.91 Å². The minimum absolute atomic E-state index is 0.341. The zero-order valence-electron chi connectivity index (χ0n) is 10.1. The van der Waals surface area contributed by atoms with Crippen LogP contribution in [0.5, 0.6) is 17.2 Å². The summed E-state index contributed by atoms with van der Waals surface area (Å²) in [6, 6.07) is 3.31. The molecule has 17 heavy (non-hydrogen) atoms. The minimum atomic E-state index is -0.341. The quantitative estimate of drug-likeness (QED) is 0.794. The summed E-state index contributed by atoms with van der Waals surface area (Å²) >= 11 is 0. The van der Waals surface area contributed by atoms with Gasteiger partial charge in [-0.05, 0) is 6.08 Å². The first-order chi connectivity index (χ1) is 8.15. The number of hydrogen-bond donors (Lipinski definition) is 1. The number of benzene rings is 1. The van der Waals surface area contributed by atoms with Gasteiger partial charge >= 0.3 is 0 Å². The molecule has 0 unspecified atom stereocenters. The third kappa shape index (κ3) is 2.90. The Kier molecular flexibility index (Phi) is 4.39. The molecule has 0 bridgehead atoms. The van der Waals surface area contributed by atoms with Gasteiger partial charge in [0.15, 0.2) is 0 Å². The van der Waals surface area contributed by atoms with Gasteiger partial charge in [-0.15, -0.1) is 0 Å². The lowest BCUT2D eigenvalue weighted by atomic mass is 10.2. The van der Waals surface area contributed by atoms with E-state index in [0.717, 1.165) is 0 Å². The van der Waals surface area contributed by atoms with E-state index in [1.165, 1.54) is 27.4 Å². The minimum Gasteiger partial charge on any atom is -0.496 e. The van der Waals surface area contributed by atoms with Crippen molar-refractivity contribution in [3.63, 3.8) is 0 Å². The summed E-state index contributed by atoms with van der Waals surface area (Å²) in [7, 11) is 4.53. The molecular formula is C12H15NO4. The van der Waals surface area contributed by atoms with Crippen LogP contribution < -0.4 is 19.5 Å². The van der Waals surface area contributed by atoms with E-state index in [9.17, 15) is 4.79 Å². The monoisotopic (exact) mass is 237 g/mol. The van der Waals surface area contributed by atoms with Gasteiger partial charge in [-0.3, -0.25) is 4.79 Å². The zero-order chi connectivity index (χ0) is 12.8. The summed E-state index contributed by atoms with van der Waals surface area (Å²) < 4.78 is 15.4. The summed E-state index contributed by atoms with van der Waals surface area (Å²) in [5.74, 6) is 1.15. The molecule has 0 aliphatic carbocycles. The van der Waals surface area contributed by atoms with Crippen molar-refractivity contribution in [2.75, 3.05) is 26.6 Å². The molecule has 1 rings (SSSR count). The van der Waals surface area contributed by atoms with Gasteiger partial charge in [0.1, 0.15) is 22.9 Å². The number of methoxy groups -OCH3 is 3. The van der Waals surface area contributed by atoms with E-state index in [2.05, 4.69) is 11.9 Å². The van der Waals surface area contributed by atoms with Gasteiger partial charge < -0.3 is 19.5 Å². The standard InChI is InChI=1S/C12H15NO4/c1-5-11(14)13-12-9(16-3)6-8(15-2)7-10(12)17-4/h5-7H,1H2,2-4H3,(H,13,14). The number of anilines is 1. The highest BCUT2D eigenvalue weighted by Gasteiger charge is 2.14. The fraction of sp³-hybridized carbons (Fsp3) is 0.250. The van der Waals surface area contributed by atoms with Crippen LogP contribution in [0.2, 0.25) is 0 Å². The molecule has 0 aliphatic heterocycles. The number of carbonyl (C=O) groups is 1. The normalized spacial score (nSPS) is 9.35. The van der Waals surface area contributed by atoms with Crippen LogP contribution in [0.1, 0.15) is 0 Å². The average Bonchev–Trinajstić information content (AvgIpc) is 2.38. The molecule has 0 radical (unpaired) electrons. The van der Waals surface area contributed by atoms with Crippen LogP contribution in [0.15, 0.2) is 24.8 Å². The molecule has 0 aliphatic rings. The molecule has 92 valence electrons. The van der Waals surface area contributed by atoms with Crippen LogP contribution in [0.25, 0.3) is 0 Å². The highest BCUT2D eigenvalue weighted by Crippen LogP contribution is 2.38. The van der Waals surface area contributed by atoms with Gasteiger partial charge in [-0.1, -0.05) is 6.58 Å². The van der Waals surface area contributed by atoms with E-state index >= 15 is 0 Å². The summed E-state index contributed by atoms with van der Waals surface area (Å²) in [5.41, 5.74) is 0.445. The third-order valence-electron chi connectivity index (χ3n) is 2.15. The summed E-state index contributed by atoms with van der Waals surface area (Å²) in [5, 5.41) is 2.62. The Morgan fingerprint density at radius 3 is 2.06 bits per heavy atom. The van der Waals surface area contributed by atoms with Gasteiger partial charge in [0.2, 0.25) is 5.91 Å². The molecule has 0 heterocycles. The van der Waals surface area contributed by atoms with Crippen molar-refractivity contribution in [2.45, 2.75) is 0 Å². The molecule has 0 spiro atoms. The van der Waals surface area contributed by atoms with Crippen molar-refractivity contribution in [3.05, 3.63) is 24.8 Å². The lowest BCUT2D eigenvalue weighted by molar-refractivity contribution is -0.111. The second-order valence-electron chi connectivity index (χ2n) is 3.10. The Morgan fingerprint density at radius 2 is 1.71 bits per heavy atom. The predicted octanol–water partition coefficient (Wildman–Crippen LogP) is 1.84. The van der Waals surface area contributed by atoms with Gasteiger partial charge in [-0.25, -0.2) is 0 Å². The van der Waals surface area contributed by atoms with E-state index in [0.29, 0.717) is 22.9 Å². The number of carbonyl (C=O) groups excluding carboxylic acids is 1. The molecule has 5 nitrogen and oxygen atoms in total. The maximum absolute atomic E-state index is 11.3. The van der Waals surface area contributed by atoms with Gasteiger partial charge in [-0.2, -0.15) is 0 Å². The van der Waals surface area contributed by atoms with E-state index in [1.54, 1.807) is 12.1 Å². The fourth-order valence-electron chi connectivity index (χ4n) is 1.30. The smallest absolute Gasteiger partial charge is 0.247 e. The van der Waals surface area contributed by atoms with Crippen molar-refractivity contribution >= 4 is 11.6 Å². The Bertz CT molecular complexity index is 404. The lowest BCUT2D eigenvalue weighted by Crippen LogP contribution is -2.10. The van der Waals surface area contributed by atoms with Gasteiger partial charge in [0.25, 0.3) is 0 Å². The van der Waals surface area contributed by atoms with Crippen molar-refractivity contribution in [1.29, 1.82) is 0 Å². The highest BCUT2D eigenvalue weighted by atomic mass is 16.5. The van der Waals surface area contributed by atoms with Gasteiger partial charge in [0, 0.05) is 12.1 Å². The second kappa shape index (κ2) is 5.79. The number of amides is 1. The number of ether oxygens (including phenoxy) is 3. The Balaban J connectivity index is 3.23. The van der Waals surface area contributed by atoms with Crippen molar-refractivity contribution in [1.82, 2.24) is 0 Å². The number of nitrogens with one attached hydrogen (secondary N) is 1. The molecule has 0 fully saturated rings. The first-order valence-corrected chi connectivity index (χ1v) is 4.89. The first kappa shape index (κ1) is 12.9. The zero-order valence-corrected chi connectivity index (χ0v) is 10.1. The number of hydrogen-bond acceptors (Lipinski definition) is 4. The van der Waals surface area contributed by atoms with Crippen LogP contribution in [0, 0.1) is 0 Å². The molecule has 1 N–H and O–H groups in total. The van der Waals surface area contributed by atoms with Crippen molar-refractivity contribution < 1.29 is 19.0 Å². The van der Waals surface area contributed by atoms with E-state index in [4.69, 9.17) is 14.2 Å². The molecule has 0 saturated carbocycles. The van der Waals surface area contributed by atoms with E-state index in [1.807, 2.05) is 0 Å². The van der Waals surface area contributed by atoms with Crippen LogP contribution in [0.3, 0.4) is 0 Å². The van der Waals surface area contributed by atoms with E-state index < -0.39 is 0 Å². The van der Waals surface area contributed by atoms with Crippen LogP contribution in [-0.4, -0.2) is 27.2 Å². The third-order valence-corrected chi connectivity index (χ3v) is 2.15. The molecule has 0 saturated heterocycles. The number of rotatable bonds is 5. The molecule has 1 amide bonds. The topological polar surface area (TPSA) is 56.8 Å². The summed E-state index contributed by atoms with van der Waals surface area (Å²) in [4.78, 5) is 11.3. The van der Waals surface area contributed by atoms with Crippen molar-refractivity contribution in [2.24, 2.45) is 0 Å². The highest BCUT2D eigenvalue weighted by molar-refractivity contribution is 6.01. The predicted molar refractivity (Wildman–Crippen MR) is 64.9 cm³/mol. The molecular weight excluding hydrogens is 222 g/mol. The average molecular weight is 237 g/mol. The molecule has 1 aromatic rings. The van der Waals surface area contributed by atoms with Gasteiger partial charge in [0.05, 0.1) is 21.3 Å². The largest absolute Gasteiger partial charge is 0.496 e. The SMILES string of the molecule is C=CC(=O)Nc1c(OC)cc(OC)cc1OC. The Labute approximate surface area is 100.0 Å². The van der Waals surface area contributed by atoms with Crippen LogP contribution in [-0.2, 0) is 4.79 Å². The molecule has 0 aromatic heterocycles. The van der Waals surface area contributed by atoms with Crippen molar-refractivity contribution in [3.8, 4) is 17.2 Å². The summed E-state index contributed by atoms with van der Waals surface area (Å²) in [6.07, 6.45) is 1.17. The lowest BCUT2D eigenvalue weighted by Gasteiger charge is -2.14. The maximum Gasteiger partial charge on any atom is 0.247 e. The fourth-order valence-corrected chi connectivity index (χ4v) is 1.30. The molecule has 1 aromatic carbocycles.